The van der Waals surface area contributed by atoms with Crippen LogP contribution in [0.4, 0.5) is 9.18 Å². The second-order valence-electron chi connectivity index (χ2n) is 7.52. The molecule has 1 amide bonds. The van der Waals surface area contributed by atoms with Gasteiger partial charge in [-0.1, -0.05) is 17.7 Å². The highest BCUT2D eigenvalue weighted by atomic mass is 19.1. The summed E-state index contributed by atoms with van der Waals surface area (Å²) >= 11 is 0. The molecule has 0 radical (unpaired) electrons. The number of fused-ring (bicyclic) bond motifs is 2. The van der Waals surface area contributed by atoms with Gasteiger partial charge in [-0.15, -0.1) is 0 Å². The lowest BCUT2D eigenvalue weighted by atomic mass is 10.1. The smallest absolute Gasteiger partial charge is 0.410 e. The number of hydrogen-bond donors (Lipinski definition) is 1. The van der Waals surface area contributed by atoms with E-state index in [1.54, 1.807) is 24.3 Å². The average Bonchev–Trinajstić information content (AvgIpc) is 3.20. The SMILES string of the molecule is Cc1cc(C)c2[nH]c(=O)c(CN(Cc3ccc4c(c3)OCO4)C(=O)OCCF)cc2c1. The number of aryl methyl sites for hydroxylation is 2. The number of hydrogen-bond acceptors (Lipinski definition) is 5. The molecule has 1 N–H and O–H groups in total. The summed E-state index contributed by atoms with van der Waals surface area (Å²) in [4.78, 5) is 29.6. The van der Waals surface area contributed by atoms with E-state index in [1.165, 1.54) is 4.90 Å². The van der Waals surface area contributed by atoms with E-state index in [2.05, 4.69) is 4.98 Å². The standard InChI is InChI=1S/C23H23FN2O5/c1-14-7-15(2)21-17(8-14)10-18(22(27)25-21)12-26(23(28)29-6-5-24)11-16-3-4-19-20(9-16)31-13-30-19/h3-4,7-10H,5-6,11-13H2,1-2H3,(H,25,27). The van der Waals surface area contributed by atoms with Gasteiger partial charge in [0.2, 0.25) is 6.79 Å². The molecule has 31 heavy (non-hydrogen) atoms. The van der Waals surface area contributed by atoms with Crippen LogP contribution >= 0.6 is 0 Å². The molecule has 0 saturated carbocycles. The fraction of sp³-hybridized carbons (Fsp3) is 0.304. The zero-order chi connectivity index (χ0) is 22.0. The van der Waals surface area contributed by atoms with Gasteiger partial charge in [0.05, 0.1) is 12.1 Å². The first-order chi connectivity index (χ1) is 14.9. The van der Waals surface area contributed by atoms with Crippen molar-refractivity contribution < 1.29 is 23.4 Å². The van der Waals surface area contributed by atoms with Gasteiger partial charge >= 0.3 is 6.09 Å². The van der Waals surface area contributed by atoms with Gasteiger partial charge in [-0.2, -0.15) is 0 Å². The molecule has 162 valence electrons. The maximum absolute atomic E-state index is 12.7. The lowest BCUT2D eigenvalue weighted by Gasteiger charge is -2.22. The number of carbonyl (C=O) groups is 1. The van der Waals surface area contributed by atoms with Crippen molar-refractivity contribution in [3.05, 3.63) is 69.0 Å². The molecule has 0 aliphatic carbocycles. The maximum atomic E-state index is 12.7. The number of aromatic nitrogens is 1. The van der Waals surface area contributed by atoms with Crippen LogP contribution in [0.5, 0.6) is 11.5 Å². The third-order valence-corrected chi connectivity index (χ3v) is 5.10. The monoisotopic (exact) mass is 426 g/mol. The van der Waals surface area contributed by atoms with E-state index >= 15 is 0 Å². The van der Waals surface area contributed by atoms with Crippen LogP contribution in [-0.4, -0.2) is 36.1 Å². The molecule has 2 heterocycles. The largest absolute Gasteiger partial charge is 0.454 e. The second-order valence-corrected chi connectivity index (χ2v) is 7.52. The number of alkyl halides is 1. The lowest BCUT2D eigenvalue weighted by Crippen LogP contribution is -2.33. The molecule has 7 nitrogen and oxygen atoms in total. The van der Waals surface area contributed by atoms with E-state index in [4.69, 9.17) is 14.2 Å². The minimum atomic E-state index is -0.779. The summed E-state index contributed by atoms with van der Waals surface area (Å²) in [5.41, 5.74) is 3.71. The molecular weight excluding hydrogens is 403 g/mol. The summed E-state index contributed by atoms with van der Waals surface area (Å²) in [7, 11) is 0. The Kier molecular flexibility index (Phi) is 5.79. The van der Waals surface area contributed by atoms with E-state index in [0.29, 0.717) is 17.1 Å². The highest BCUT2D eigenvalue weighted by molar-refractivity contribution is 5.83. The van der Waals surface area contributed by atoms with E-state index < -0.39 is 12.8 Å². The summed E-state index contributed by atoms with van der Waals surface area (Å²) in [6.45, 7) is 3.11. The van der Waals surface area contributed by atoms with Crippen LogP contribution in [0, 0.1) is 13.8 Å². The van der Waals surface area contributed by atoms with Gasteiger partial charge in [0.15, 0.2) is 11.5 Å². The number of nitrogens with one attached hydrogen (secondary N) is 1. The molecule has 1 aliphatic rings. The van der Waals surface area contributed by atoms with Gasteiger partial charge in [0.25, 0.3) is 5.56 Å². The molecule has 1 aromatic heterocycles. The summed E-state index contributed by atoms with van der Waals surface area (Å²) in [6, 6.07) is 11.1. The molecule has 4 rings (SSSR count). The predicted molar refractivity (Wildman–Crippen MR) is 113 cm³/mol. The van der Waals surface area contributed by atoms with Crippen molar-refractivity contribution in [3.63, 3.8) is 0 Å². The molecule has 0 fully saturated rings. The Bertz CT molecular complexity index is 1190. The summed E-state index contributed by atoms with van der Waals surface area (Å²) in [5.74, 6) is 1.22. The van der Waals surface area contributed by atoms with Crippen LogP contribution in [0.2, 0.25) is 0 Å². The summed E-state index contributed by atoms with van der Waals surface area (Å²) in [5, 5.41) is 0.882. The van der Waals surface area contributed by atoms with Crippen molar-refractivity contribution in [1.29, 1.82) is 0 Å². The zero-order valence-corrected chi connectivity index (χ0v) is 17.4. The number of pyridine rings is 1. The van der Waals surface area contributed by atoms with Gasteiger partial charge in [-0.3, -0.25) is 9.69 Å². The third-order valence-electron chi connectivity index (χ3n) is 5.10. The Morgan fingerprint density at radius 2 is 1.94 bits per heavy atom. The molecule has 8 heteroatoms. The van der Waals surface area contributed by atoms with Gasteiger partial charge in [-0.05, 0) is 54.6 Å². The number of amides is 1. The Labute approximate surface area is 178 Å². The quantitative estimate of drug-likeness (QED) is 0.645. The molecule has 0 saturated heterocycles. The van der Waals surface area contributed by atoms with Crippen molar-refractivity contribution >= 4 is 17.0 Å². The lowest BCUT2D eigenvalue weighted by molar-refractivity contribution is 0.0912. The minimum Gasteiger partial charge on any atom is -0.454 e. The van der Waals surface area contributed by atoms with Crippen LogP contribution in [0.3, 0.4) is 0 Å². The molecule has 3 aromatic rings. The van der Waals surface area contributed by atoms with Gasteiger partial charge < -0.3 is 19.2 Å². The first-order valence-electron chi connectivity index (χ1n) is 9.94. The molecule has 1 aliphatic heterocycles. The third kappa shape index (κ3) is 4.47. The molecule has 0 atom stereocenters. The highest BCUT2D eigenvalue weighted by Crippen LogP contribution is 2.33. The highest BCUT2D eigenvalue weighted by Gasteiger charge is 2.20. The zero-order valence-electron chi connectivity index (χ0n) is 17.4. The molecule has 0 spiro atoms. The van der Waals surface area contributed by atoms with Crippen molar-refractivity contribution in [2.75, 3.05) is 20.1 Å². The fourth-order valence-corrected chi connectivity index (χ4v) is 3.72. The average molecular weight is 426 g/mol. The number of ether oxygens (including phenoxy) is 3. The van der Waals surface area contributed by atoms with Gasteiger partial charge in [0.1, 0.15) is 13.3 Å². The van der Waals surface area contributed by atoms with Crippen LogP contribution < -0.4 is 15.0 Å². The normalized spacial score (nSPS) is 12.2. The Morgan fingerprint density at radius 1 is 1.13 bits per heavy atom. The number of halogens is 1. The number of carbonyl (C=O) groups excluding carboxylic acids is 1. The van der Waals surface area contributed by atoms with E-state index in [0.717, 1.165) is 27.6 Å². The van der Waals surface area contributed by atoms with Crippen LogP contribution in [0.25, 0.3) is 10.9 Å². The first kappa shape index (κ1) is 20.7. The topological polar surface area (TPSA) is 80.9 Å². The Hall–Kier alpha value is -3.55. The van der Waals surface area contributed by atoms with Gasteiger partial charge in [0, 0.05) is 12.1 Å². The van der Waals surface area contributed by atoms with Crippen molar-refractivity contribution in [2.24, 2.45) is 0 Å². The number of aromatic amines is 1. The van der Waals surface area contributed by atoms with Crippen molar-refractivity contribution in [3.8, 4) is 11.5 Å². The van der Waals surface area contributed by atoms with Crippen LogP contribution in [0.15, 0.2) is 41.2 Å². The molecule has 0 unspecified atom stereocenters. The van der Waals surface area contributed by atoms with E-state index in [-0.39, 0.29) is 32.0 Å². The van der Waals surface area contributed by atoms with Crippen molar-refractivity contribution in [2.45, 2.75) is 26.9 Å². The second kappa shape index (κ2) is 8.67. The number of H-pyrrole nitrogens is 1. The predicted octanol–water partition coefficient (Wildman–Crippen LogP) is 3.98. The summed E-state index contributed by atoms with van der Waals surface area (Å²) in [6.07, 6.45) is -0.699. The molecule has 0 bridgehead atoms. The maximum Gasteiger partial charge on any atom is 0.410 e. The van der Waals surface area contributed by atoms with Crippen molar-refractivity contribution in [1.82, 2.24) is 9.88 Å². The summed E-state index contributed by atoms with van der Waals surface area (Å²) < 4.78 is 28.3. The van der Waals surface area contributed by atoms with E-state index in [9.17, 15) is 14.0 Å². The molecule has 2 aromatic carbocycles. The first-order valence-corrected chi connectivity index (χ1v) is 9.94. The van der Waals surface area contributed by atoms with Crippen LogP contribution in [0.1, 0.15) is 22.3 Å². The van der Waals surface area contributed by atoms with E-state index in [1.807, 2.05) is 26.0 Å². The van der Waals surface area contributed by atoms with Gasteiger partial charge in [-0.25, -0.2) is 9.18 Å². The van der Waals surface area contributed by atoms with Crippen LogP contribution in [-0.2, 0) is 17.8 Å². The number of rotatable bonds is 6. The fourth-order valence-electron chi connectivity index (χ4n) is 3.72. The Morgan fingerprint density at radius 3 is 2.74 bits per heavy atom. The minimum absolute atomic E-state index is 0.0117. The number of benzene rings is 2. The Balaban J connectivity index is 1.65. The molecular formula is C23H23FN2O5. The number of nitrogens with zero attached hydrogens (tertiary/aromatic N) is 1.